The third-order valence-corrected chi connectivity index (χ3v) is 10.9. The van der Waals surface area contributed by atoms with Gasteiger partial charge in [0.15, 0.2) is 0 Å². The highest BCUT2D eigenvalue weighted by molar-refractivity contribution is 7.66. The maximum absolute atomic E-state index is 2.66. The number of rotatable bonds is 14. The second kappa shape index (κ2) is 16.6. The van der Waals surface area contributed by atoms with Crippen molar-refractivity contribution in [3.05, 3.63) is 69.4 Å². The summed E-state index contributed by atoms with van der Waals surface area (Å²) in [5.74, 6) is 5.31. The molecule has 0 saturated heterocycles. The van der Waals surface area contributed by atoms with Crippen LogP contribution in [0.25, 0.3) is 11.6 Å². The Balaban J connectivity index is 2.63. The Morgan fingerprint density at radius 1 is 0.500 bits per heavy atom. The molecule has 0 nitrogen and oxygen atoms in total. The van der Waals surface area contributed by atoms with Crippen molar-refractivity contribution < 1.29 is 0 Å². The molecule has 0 aromatic heterocycles. The van der Waals surface area contributed by atoms with Gasteiger partial charge in [0.1, 0.15) is 0 Å². The predicted octanol–water partition coefficient (Wildman–Crippen LogP) is 8.61. The van der Waals surface area contributed by atoms with Crippen molar-refractivity contribution in [2.75, 3.05) is 24.6 Å². The van der Waals surface area contributed by atoms with E-state index in [0.717, 1.165) is 0 Å². The molecule has 2 aromatic carbocycles. The smallest absolute Gasteiger partial charge is 0.0105 e. The summed E-state index contributed by atoms with van der Waals surface area (Å²) in [6.07, 6.45) is 16.2. The second-order valence-electron chi connectivity index (χ2n) is 8.92. The van der Waals surface area contributed by atoms with Crippen LogP contribution in [0.15, 0.2) is 48.5 Å². The lowest BCUT2D eigenvalue weighted by atomic mass is 10.1. The van der Waals surface area contributed by atoms with E-state index in [0.29, 0.717) is 0 Å². The molecule has 0 aliphatic heterocycles. The largest absolute Gasteiger partial charge is 0.0826 e. The molecular formula is C30H46P2. The first-order chi connectivity index (χ1) is 15.7. The Labute approximate surface area is 200 Å². The third kappa shape index (κ3) is 9.49. The molecule has 2 heteroatoms. The Hall–Kier alpha value is -0.960. The van der Waals surface area contributed by atoms with E-state index in [1.165, 1.54) is 96.9 Å². The summed E-state index contributed by atoms with van der Waals surface area (Å²) in [5.41, 5.74) is 0. The van der Waals surface area contributed by atoms with Gasteiger partial charge in [0.2, 0.25) is 0 Å². The normalized spacial score (nSPS) is 14.1. The number of benzene rings is 2. The summed E-state index contributed by atoms with van der Waals surface area (Å²) in [5, 5.41) is 5.78. The van der Waals surface area contributed by atoms with Crippen molar-refractivity contribution in [3.63, 3.8) is 0 Å². The lowest BCUT2D eigenvalue weighted by Gasteiger charge is -2.13. The highest BCUT2D eigenvalue weighted by atomic mass is 31.1. The fourth-order valence-corrected chi connectivity index (χ4v) is 9.12. The zero-order chi connectivity index (χ0) is 23.0. The summed E-state index contributed by atoms with van der Waals surface area (Å²) < 4.78 is 0. The molecule has 0 fully saturated rings. The maximum Gasteiger partial charge on any atom is -0.0105 e. The Kier molecular flexibility index (Phi) is 14.2. The van der Waals surface area contributed by atoms with Gasteiger partial charge in [0.25, 0.3) is 0 Å². The monoisotopic (exact) mass is 468 g/mol. The van der Waals surface area contributed by atoms with E-state index in [1.54, 1.807) is 0 Å². The fraction of sp³-hybridized carbons (Fsp3) is 0.533. The van der Waals surface area contributed by atoms with E-state index < -0.39 is 0 Å². The van der Waals surface area contributed by atoms with Gasteiger partial charge in [-0.15, -0.1) is 0 Å². The van der Waals surface area contributed by atoms with Crippen LogP contribution in [0, 0.1) is 10.4 Å². The van der Waals surface area contributed by atoms with Gasteiger partial charge < -0.3 is 0 Å². The molecule has 0 aliphatic rings. The molecule has 0 bridgehead atoms. The van der Waals surface area contributed by atoms with Gasteiger partial charge in [0, 0.05) is 0 Å². The molecule has 0 N–H and O–H groups in total. The van der Waals surface area contributed by atoms with Gasteiger partial charge in [-0.1, -0.05) is 129 Å². The van der Waals surface area contributed by atoms with Crippen molar-refractivity contribution in [1.29, 1.82) is 0 Å². The maximum atomic E-state index is 2.66. The Morgan fingerprint density at radius 3 is 1.12 bits per heavy atom. The van der Waals surface area contributed by atoms with Crippen molar-refractivity contribution in [3.8, 4) is 0 Å². The van der Waals surface area contributed by atoms with Crippen LogP contribution in [-0.4, -0.2) is 24.6 Å². The Bertz CT molecular complexity index is 867. The van der Waals surface area contributed by atoms with E-state index in [1.807, 2.05) is 0 Å². The van der Waals surface area contributed by atoms with Crippen molar-refractivity contribution in [2.24, 2.45) is 0 Å². The summed E-state index contributed by atoms with van der Waals surface area (Å²) in [4.78, 5) is 0. The quantitative estimate of drug-likeness (QED) is 0.243. The molecule has 32 heavy (non-hydrogen) atoms. The van der Waals surface area contributed by atoms with E-state index in [4.69, 9.17) is 0 Å². The highest BCUT2D eigenvalue weighted by Gasteiger charge is 2.05. The van der Waals surface area contributed by atoms with Gasteiger partial charge in [-0.05, 0) is 71.2 Å². The first kappa shape index (κ1) is 27.3. The molecule has 0 spiro atoms. The minimum absolute atomic E-state index is 0.0289. The average molecular weight is 469 g/mol. The molecule has 0 atom stereocenters. The summed E-state index contributed by atoms with van der Waals surface area (Å²) in [6.45, 7) is 9.29. The fourth-order valence-electron chi connectivity index (χ4n) is 4.03. The summed E-state index contributed by atoms with van der Waals surface area (Å²) in [7, 11) is -0.0577. The molecule has 2 rings (SSSR count). The van der Waals surface area contributed by atoms with Gasteiger partial charge >= 0.3 is 0 Å². The van der Waals surface area contributed by atoms with Crippen molar-refractivity contribution >= 4 is 27.5 Å². The summed E-state index contributed by atoms with van der Waals surface area (Å²) >= 11 is 0. The average Bonchev–Trinajstić information content (AvgIpc) is 2.83. The first-order valence-electron chi connectivity index (χ1n) is 13.1. The standard InChI is InChI=1S/C30H46P2/c1-5-9-21-31(22-10-6-2)25-27-17-13-15-19-29(27)30-20-16-14-18-28(30)26-32(23-11-7-3)24-12-8-4/h13-20,25-26H,5-12,21-24H2,1-4H3. The zero-order valence-electron chi connectivity index (χ0n) is 21.2. The van der Waals surface area contributed by atoms with E-state index in [2.05, 4.69) is 87.9 Å². The molecule has 0 amide bonds. The van der Waals surface area contributed by atoms with Crippen LogP contribution in [0.4, 0.5) is 0 Å². The van der Waals surface area contributed by atoms with Crippen LogP contribution in [0.2, 0.25) is 0 Å². The molecule has 0 unspecified atom stereocenters. The van der Waals surface area contributed by atoms with Crippen LogP contribution < -0.4 is 10.4 Å². The lowest BCUT2D eigenvalue weighted by molar-refractivity contribution is 0.871. The van der Waals surface area contributed by atoms with Crippen molar-refractivity contribution in [2.45, 2.75) is 79.1 Å². The predicted molar refractivity (Wildman–Crippen MR) is 152 cm³/mol. The molecule has 2 aromatic rings. The van der Waals surface area contributed by atoms with Gasteiger partial charge in [-0.25, -0.2) is 0 Å². The van der Waals surface area contributed by atoms with Crippen molar-refractivity contribution in [1.82, 2.24) is 0 Å². The van der Waals surface area contributed by atoms with E-state index in [-0.39, 0.29) is 15.8 Å². The number of hydrogen-bond donors (Lipinski definition) is 0. The van der Waals surface area contributed by atoms with Crippen LogP contribution in [0.1, 0.15) is 79.1 Å². The van der Waals surface area contributed by atoms with Gasteiger partial charge in [0.05, 0.1) is 0 Å². The Morgan fingerprint density at radius 2 is 0.812 bits per heavy atom. The second-order valence-corrected chi connectivity index (χ2v) is 13.6. The first-order valence-corrected chi connectivity index (χ1v) is 16.7. The minimum Gasteiger partial charge on any atom is -0.0826 e. The number of unbranched alkanes of at least 4 members (excludes halogenated alkanes) is 4. The van der Waals surface area contributed by atoms with E-state index in [9.17, 15) is 0 Å². The molecule has 176 valence electrons. The highest BCUT2D eigenvalue weighted by Crippen LogP contribution is 2.40. The topological polar surface area (TPSA) is 0 Å². The van der Waals surface area contributed by atoms with Crippen LogP contribution in [0.5, 0.6) is 0 Å². The SMILES string of the molecule is CCCCP(C=c1ccccc1=c1ccccc1=CP(CCCC)CCCC)CCCC. The van der Waals surface area contributed by atoms with Crippen LogP contribution in [0.3, 0.4) is 0 Å². The zero-order valence-corrected chi connectivity index (χ0v) is 22.9. The van der Waals surface area contributed by atoms with Crippen LogP contribution >= 0.6 is 15.8 Å². The number of hydrogen-bond acceptors (Lipinski definition) is 0. The van der Waals surface area contributed by atoms with E-state index >= 15 is 0 Å². The molecule has 0 radical (unpaired) electrons. The molecule has 0 saturated carbocycles. The minimum atomic E-state index is -0.0289. The summed E-state index contributed by atoms with van der Waals surface area (Å²) in [6, 6.07) is 18.3. The molecular weight excluding hydrogens is 422 g/mol. The molecule has 0 heterocycles. The van der Waals surface area contributed by atoms with Crippen LogP contribution in [-0.2, 0) is 0 Å². The van der Waals surface area contributed by atoms with Gasteiger partial charge in [-0.3, -0.25) is 0 Å². The van der Waals surface area contributed by atoms with Gasteiger partial charge in [-0.2, -0.15) is 0 Å². The third-order valence-electron chi connectivity index (χ3n) is 6.05. The lowest BCUT2D eigenvalue weighted by Crippen LogP contribution is -2.10. The molecule has 0 aliphatic carbocycles.